The average molecular weight is 187 g/mol. The van der Waals surface area contributed by atoms with Crippen LogP contribution in [0.15, 0.2) is 48.7 Å². The molecule has 0 saturated heterocycles. The van der Waals surface area contributed by atoms with E-state index in [0.717, 1.165) is 6.54 Å². The molecule has 0 aromatic heterocycles. The molecule has 1 aromatic carbocycles. The van der Waals surface area contributed by atoms with Crippen LogP contribution in [0.1, 0.15) is 12.5 Å². The van der Waals surface area contributed by atoms with Gasteiger partial charge < -0.3 is 0 Å². The third kappa shape index (κ3) is 3.21. The van der Waals surface area contributed by atoms with Crippen LogP contribution < -0.4 is 0 Å². The first kappa shape index (κ1) is 10.8. The second-order valence-electron chi connectivity index (χ2n) is 3.51. The predicted molar refractivity (Wildman–Crippen MR) is 61.1 cm³/mol. The van der Waals surface area contributed by atoms with Gasteiger partial charge in [0.1, 0.15) is 0 Å². The summed E-state index contributed by atoms with van der Waals surface area (Å²) < 4.78 is 0. The van der Waals surface area contributed by atoms with Crippen molar-refractivity contribution in [2.75, 3.05) is 7.05 Å². The molecule has 1 rings (SSSR count). The second kappa shape index (κ2) is 5.43. The van der Waals surface area contributed by atoms with E-state index in [-0.39, 0.29) is 0 Å². The fraction of sp³-hybridized carbons (Fsp3) is 0.308. The third-order valence-corrected chi connectivity index (χ3v) is 2.33. The number of hydrogen-bond donors (Lipinski definition) is 0. The summed E-state index contributed by atoms with van der Waals surface area (Å²) in [5.74, 6) is 0. The van der Waals surface area contributed by atoms with Gasteiger partial charge >= 0.3 is 0 Å². The zero-order chi connectivity index (χ0) is 10.4. The summed E-state index contributed by atoms with van der Waals surface area (Å²) in [6.45, 7) is 6.68. The first-order valence-corrected chi connectivity index (χ1v) is 4.84. The van der Waals surface area contributed by atoms with Gasteiger partial charge in [0.2, 0.25) is 0 Å². The molecule has 0 spiro atoms. The minimum atomic E-state index is 0.382. The van der Waals surface area contributed by atoms with Crippen molar-refractivity contribution < 1.29 is 0 Å². The van der Waals surface area contributed by atoms with Gasteiger partial charge in [0.05, 0.1) is 0 Å². The van der Waals surface area contributed by atoms with Gasteiger partial charge in [-0.1, -0.05) is 36.9 Å². The molecule has 0 bridgehead atoms. The fourth-order valence-electron chi connectivity index (χ4n) is 1.31. The Morgan fingerprint density at radius 1 is 1.43 bits per heavy atom. The Hall–Kier alpha value is -1.30. The lowest BCUT2D eigenvalue weighted by molar-refractivity contribution is 0.289. The van der Waals surface area contributed by atoms with E-state index in [9.17, 15) is 0 Å². The van der Waals surface area contributed by atoms with E-state index in [2.05, 4.69) is 55.4 Å². The highest BCUT2D eigenvalue weighted by atomic mass is 15.1. The standard InChI is InChI=1S/C13H17N/c1-4-8-12(2)14(3)11-13-9-6-5-7-10-13/h5-10,12H,1,11H2,2-3H3/t12-/m0/s1. The molecule has 0 aliphatic heterocycles. The van der Waals surface area contributed by atoms with Crippen LogP contribution in [0.5, 0.6) is 0 Å². The topological polar surface area (TPSA) is 3.24 Å². The van der Waals surface area contributed by atoms with Crippen LogP contribution in [0, 0.1) is 0 Å². The molecule has 0 aliphatic rings. The lowest BCUT2D eigenvalue weighted by atomic mass is 10.2. The zero-order valence-corrected chi connectivity index (χ0v) is 8.90. The van der Waals surface area contributed by atoms with Crippen LogP contribution in [0.4, 0.5) is 0 Å². The normalized spacial score (nSPS) is 12.2. The highest BCUT2D eigenvalue weighted by Crippen LogP contribution is 2.05. The first-order chi connectivity index (χ1) is 6.74. The summed E-state index contributed by atoms with van der Waals surface area (Å²) in [6.07, 6.45) is 1.98. The van der Waals surface area contributed by atoms with Gasteiger partial charge in [-0.15, -0.1) is 5.73 Å². The summed E-state index contributed by atoms with van der Waals surface area (Å²) in [4.78, 5) is 2.26. The lowest BCUT2D eigenvalue weighted by Gasteiger charge is -2.21. The maximum atomic E-state index is 3.58. The summed E-state index contributed by atoms with van der Waals surface area (Å²) >= 11 is 0. The minimum Gasteiger partial charge on any atom is -0.295 e. The van der Waals surface area contributed by atoms with Gasteiger partial charge in [-0.3, -0.25) is 4.90 Å². The molecule has 1 atom stereocenters. The maximum absolute atomic E-state index is 3.58. The number of benzene rings is 1. The Labute approximate surface area is 86.4 Å². The molecular weight excluding hydrogens is 170 g/mol. The molecule has 0 fully saturated rings. The average Bonchev–Trinajstić information content (AvgIpc) is 2.19. The number of likely N-dealkylation sites (N-methyl/N-ethyl adjacent to an activating group) is 1. The van der Waals surface area contributed by atoms with E-state index < -0.39 is 0 Å². The molecule has 0 N–H and O–H groups in total. The maximum Gasteiger partial charge on any atom is 0.0324 e. The van der Waals surface area contributed by atoms with Crippen LogP contribution in [0.2, 0.25) is 0 Å². The van der Waals surface area contributed by atoms with Crippen molar-refractivity contribution in [1.29, 1.82) is 0 Å². The molecular formula is C13H17N. The van der Waals surface area contributed by atoms with E-state index in [1.54, 1.807) is 0 Å². The van der Waals surface area contributed by atoms with Crippen LogP contribution in [-0.2, 0) is 6.54 Å². The van der Waals surface area contributed by atoms with Crippen LogP contribution in [0.25, 0.3) is 0 Å². The Morgan fingerprint density at radius 2 is 2.07 bits per heavy atom. The Balaban J connectivity index is 2.57. The monoisotopic (exact) mass is 187 g/mol. The van der Waals surface area contributed by atoms with Gasteiger partial charge in [0, 0.05) is 12.6 Å². The molecule has 0 aliphatic carbocycles. The van der Waals surface area contributed by atoms with Crippen molar-refractivity contribution in [3.63, 3.8) is 0 Å². The fourth-order valence-corrected chi connectivity index (χ4v) is 1.31. The van der Waals surface area contributed by atoms with E-state index in [4.69, 9.17) is 0 Å². The van der Waals surface area contributed by atoms with Crippen molar-refractivity contribution in [2.45, 2.75) is 19.5 Å². The van der Waals surface area contributed by atoms with Gasteiger partial charge in [0.25, 0.3) is 0 Å². The Morgan fingerprint density at radius 3 is 2.64 bits per heavy atom. The van der Waals surface area contributed by atoms with Crippen LogP contribution in [0.3, 0.4) is 0 Å². The third-order valence-electron chi connectivity index (χ3n) is 2.33. The molecule has 1 nitrogen and oxygen atoms in total. The molecule has 0 amide bonds. The molecule has 0 saturated carbocycles. The van der Waals surface area contributed by atoms with Crippen molar-refractivity contribution >= 4 is 0 Å². The van der Waals surface area contributed by atoms with Crippen LogP contribution >= 0.6 is 0 Å². The van der Waals surface area contributed by atoms with E-state index in [1.807, 2.05) is 12.1 Å². The van der Waals surface area contributed by atoms with Crippen molar-refractivity contribution in [2.24, 2.45) is 0 Å². The molecule has 14 heavy (non-hydrogen) atoms. The highest BCUT2D eigenvalue weighted by Gasteiger charge is 2.05. The summed E-state index contributed by atoms with van der Waals surface area (Å²) in [5, 5.41) is 0. The predicted octanol–water partition coefficient (Wildman–Crippen LogP) is 2.85. The molecule has 0 unspecified atom stereocenters. The zero-order valence-electron chi connectivity index (χ0n) is 8.90. The summed E-state index contributed by atoms with van der Waals surface area (Å²) in [7, 11) is 2.10. The Bertz CT molecular complexity index is 309. The molecule has 0 radical (unpaired) electrons. The number of rotatable bonds is 4. The lowest BCUT2D eigenvalue weighted by Crippen LogP contribution is -2.26. The number of nitrogens with zero attached hydrogens (tertiary/aromatic N) is 1. The largest absolute Gasteiger partial charge is 0.295 e. The highest BCUT2D eigenvalue weighted by molar-refractivity contribution is 5.14. The van der Waals surface area contributed by atoms with Gasteiger partial charge in [-0.05, 0) is 25.6 Å². The summed E-state index contributed by atoms with van der Waals surface area (Å²) in [6, 6.07) is 10.8. The minimum absolute atomic E-state index is 0.382. The molecule has 1 aromatic rings. The van der Waals surface area contributed by atoms with Gasteiger partial charge in [-0.25, -0.2) is 0 Å². The first-order valence-electron chi connectivity index (χ1n) is 4.84. The Kier molecular flexibility index (Phi) is 4.18. The van der Waals surface area contributed by atoms with Crippen molar-refractivity contribution in [3.8, 4) is 0 Å². The number of hydrogen-bond acceptors (Lipinski definition) is 1. The van der Waals surface area contributed by atoms with Gasteiger partial charge in [0.15, 0.2) is 0 Å². The molecule has 74 valence electrons. The SMILES string of the molecule is C=C=C[C@H](C)N(C)Cc1ccccc1. The second-order valence-corrected chi connectivity index (χ2v) is 3.51. The van der Waals surface area contributed by atoms with Crippen molar-refractivity contribution in [3.05, 3.63) is 54.3 Å². The van der Waals surface area contributed by atoms with Crippen molar-refractivity contribution in [1.82, 2.24) is 4.90 Å². The van der Waals surface area contributed by atoms with E-state index in [1.165, 1.54) is 5.56 Å². The van der Waals surface area contributed by atoms with Gasteiger partial charge in [-0.2, -0.15) is 0 Å². The molecule has 0 heterocycles. The quantitative estimate of drug-likeness (QED) is 0.655. The van der Waals surface area contributed by atoms with E-state index >= 15 is 0 Å². The van der Waals surface area contributed by atoms with E-state index in [0.29, 0.717) is 6.04 Å². The van der Waals surface area contributed by atoms with Crippen LogP contribution in [-0.4, -0.2) is 18.0 Å². The smallest absolute Gasteiger partial charge is 0.0324 e. The summed E-state index contributed by atoms with van der Waals surface area (Å²) in [5.41, 5.74) is 4.15. The molecule has 1 heteroatoms.